The molecule has 0 unspecified atom stereocenters. The summed E-state index contributed by atoms with van der Waals surface area (Å²) < 4.78 is 6.13. The Hall–Kier alpha value is -3.46. The molecule has 2 heterocycles. The molecule has 0 N–H and O–H groups in total. The van der Waals surface area contributed by atoms with Gasteiger partial charge in [0.25, 0.3) is 0 Å². The molecule has 0 atom stereocenters. The molecule has 0 saturated heterocycles. The molecule has 3 heteroatoms. The van der Waals surface area contributed by atoms with Gasteiger partial charge in [-0.25, -0.2) is 9.97 Å². The summed E-state index contributed by atoms with van der Waals surface area (Å²) in [6.07, 6.45) is 0.782. The summed E-state index contributed by atoms with van der Waals surface area (Å²) in [7, 11) is 0. The summed E-state index contributed by atoms with van der Waals surface area (Å²) in [6.45, 7) is 2.08. The second kappa shape index (κ2) is 6.36. The van der Waals surface area contributed by atoms with Crippen LogP contribution in [-0.4, -0.2) is 9.97 Å². The van der Waals surface area contributed by atoms with E-state index in [0.717, 1.165) is 45.6 Å². The monoisotopic (exact) mass is 350 g/mol. The minimum atomic E-state index is 0.751. The van der Waals surface area contributed by atoms with Gasteiger partial charge in [0.15, 0.2) is 5.58 Å². The van der Waals surface area contributed by atoms with Crippen LogP contribution in [0.4, 0.5) is 0 Å². The molecule has 0 aliphatic carbocycles. The number of benzene rings is 3. The lowest BCUT2D eigenvalue weighted by Crippen LogP contribution is -1.96. The first-order valence-corrected chi connectivity index (χ1v) is 9.17. The largest absolute Gasteiger partial charge is 0.452 e. The van der Waals surface area contributed by atoms with E-state index in [1.807, 2.05) is 24.3 Å². The van der Waals surface area contributed by atoms with Crippen molar-refractivity contribution in [3.63, 3.8) is 0 Å². The van der Waals surface area contributed by atoms with Crippen molar-refractivity contribution in [2.24, 2.45) is 0 Å². The van der Waals surface area contributed by atoms with Crippen molar-refractivity contribution in [2.75, 3.05) is 0 Å². The molecule has 5 rings (SSSR count). The summed E-state index contributed by atoms with van der Waals surface area (Å²) in [6, 6.07) is 26.9. The van der Waals surface area contributed by atoms with Gasteiger partial charge >= 0.3 is 0 Å². The molecule has 0 aliphatic heterocycles. The van der Waals surface area contributed by atoms with Crippen molar-refractivity contribution in [1.29, 1.82) is 0 Å². The van der Waals surface area contributed by atoms with Gasteiger partial charge in [0.1, 0.15) is 22.6 Å². The van der Waals surface area contributed by atoms with Crippen molar-refractivity contribution >= 4 is 22.1 Å². The van der Waals surface area contributed by atoms with Crippen molar-refractivity contribution in [3.8, 4) is 22.4 Å². The van der Waals surface area contributed by atoms with Gasteiger partial charge in [0, 0.05) is 17.4 Å². The van der Waals surface area contributed by atoms with Crippen LogP contribution in [0, 0.1) is 0 Å². The first kappa shape index (κ1) is 15.8. The predicted molar refractivity (Wildman–Crippen MR) is 110 cm³/mol. The number of nitrogens with zero attached hydrogens (tertiary/aromatic N) is 2. The van der Waals surface area contributed by atoms with E-state index < -0.39 is 0 Å². The van der Waals surface area contributed by atoms with Crippen LogP contribution in [0.25, 0.3) is 44.5 Å². The molecule has 0 spiro atoms. The van der Waals surface area contributed by atoms with Gasteiger partial charge < -0.3 is 4.42 Å². The fourth-order valence-electron chi connectivity index (χ4n) is 3.44. The lowest BCUT2D eigenvalue weighted by molar-refractivity contribution is 0.666. The van der Waals surface area contributed by atoms with E-state index in [9.17, 15) is 0 Å². The van der Waals surface area contributed by atoms with E-state index in [4.69, 9.17) is 14.4 Å². The number of furan rings is 1. The summed E-state index contributed by atoms with van der Waals surface area (Å²) in [4.78, 5) is 9.51. The van der Waals surface area contributed by atoms with Crippen molar-refractivity contribution < 1.29 is 4.42 Å². The zero-order valence-corrected chi connectivity index (χ0v) is 15.0. The molecule has 0 aliphatic rings. The van der Waals surface area contributed by atoms with E-state index in [2.05, 4.69) is 61.5 Å². The molecular formula is C24H18N2O. The molecule has 3 nitrogen and oxygen atoms in total. The molecule has 27 heavy (non-hydrogen) atoms. The van der Waals surface area contributed by atoms with Crippen LogP contribution >= 0.6 is 0 Å². The zero-order valence-electron chi connectivity index (χ0n) is 15.0. The lowest BCUT2D eigenvalue weighted by atomic mass is 10.0. The van der Waals surface area contributed by atoms with Crippen LogP contribution < -0.4 is 0 Å². The highest BCUT2D eigenvalue weighted by Gasteiger charge is 2.16. The van der Waals surface area contributed by atoms with E-state index in [1.54, 1.807) is 0 Å². The normalized spacial score (nSPS) is 11.3. The lowest BCUT2D eigenvalue weighted by Gasteiger charge is -2.06. The summed E-state index contributed by atoms with van der Waals surface area (Å²) >= 11 is 0. The second-order valence-electron chi connectivity index (χ2n) is 6.56. The van der Waals surface area contributed by atoms with Gasteiger partial charge in [-0.15, -0.1) is 0 Å². The average Bonchev–Trinajstić information content (AvgIpc) is 3.12. The number of para-hydroxylation sites is 1. The average molecular weight is 350 g/mol. The summed E-state index contributed by atoms with van der Waals surface area (Å²) in [5.74, 6) is 0.830. The SMILES string of the molecule is CCc1nc(-c2ccc(-c3ccccc3)cc2)c2oc3ccccc3c2n1. The number of hydrogen-bond acceptors (Lipinski definition) is 3. The summed E-state index contributed by atoms with van der Waals surface area (Å²) in [5.41, 5.74) is 6.76. The molecule has 0 bridgehead atoms. The van der Waals surface area contributed by atoms with Crippen LogP contribution in [0.15, 0.2) is 83.3 Å². The van der Waals surface area contributed by atoms with Gasteiger partial charge in [0.05, 0.1) is 0 Å². The van der Waals surface area contributed by atoms with Crippen LogP contribution in [0.3, 0.4) is 0 Å². The molecule has 2 aromatic heterocycles. The minimum Gasteiger partial charge on any atom is -0.452 e. The maximum atomic E-state index is 6.13. The molecule has 0 radical (unpaired) electrons. The predicted octanol–water partition coefficient (Wildman–Crippen LogP) is 6.27. The fraction of sp³-hybridized carbons (Fsp3) is 0.0833. The number of aromatic nitrogens is 2. The van der Waals surface area contributed by atoms with Crippen LogP contribution in [0.5, 0.6) is 0 Å². The number of fused-ring (bicyclic) bond motifs is 3. The van der Waals surface area contributed by atoms with Crippen molar-refractivity contribution in [2.45, 2.75) is 13.3 Å². The Morgan fingerprint density at radius 2 is 1.37 bits per heavy atom. The van der Waals surface area contributed by atoms with Gasteiger partial charge in [-0.3, -0.25) is 0 Å². The Morgan fingerprint density at radius 1 is 0.704 bits per heavy atom. The van der Waals surface area contributed by atoms with E-state index >= 15 is 0 Å². The third kappa shape index (κ3) is 2.68. The molecule has 130 valence electrons. The third-order valence-corrected chi connectivity index (χ3v) is 4.85. The second-order valence-corrected chi connectivity index (χ2v) is 6.56. The van der Waals surface area contributed by atoms with E-state index in [0.29, 0.717) is 0 Å². The highest BCUT2D eigenvalue weighted by Crippen LogP contribution is 2.34. The smallest absolute Gasteiger partial charge is 0.180 e. The number of rotatable bonds is 3. The Kier molecular flexibility index (Phi) is 3.72. The molecule has 0 fully saturated rings. The van der Waals surface area contributed by atoms with Crippen molar-refractivity contribution in [1.82, 2.24) is 9.97 Å². The Balaban J connectivity index is 1.70. The van der Waals surface area contributed by atoms with Crippen LogP contribution in [0.1, 0.15) is 12.7 Å². The molecule has 0 amide bonds. The molecular weight excluding hydrogens is 332 g/mol. The van der Waals surface area contributed by atoms with Gasteiger partial charge in [-0.05, 0) is 23.3 Å². The number of hydrogen-bond donors (Lipinski definition) is 0. The Morgan fingerprint density at radius 3 is 2.15 bits per heavy atom. The maximum absolute atomic E-state index is 6.13. The Bertz CT molecular complexity index is 1240. The first-order chi connectivity index (χ1) is 13.3. The topological polar surface area (TPSA) is 38.9 Å². The third-order valence-electron chi connectivity index (χ3n) is 4.85. The number of aryl methyl sites for hydroxylation is 1. The minimum absolute atomic E-state index is 0.751. The fourth-order valence-corrected chi connectivity index (χ4v) is 3.44. The quantitative estimate of drug-likeness (QED) is 0.385. The standard InChI is InChI=1S/C24H18N2O/c1-2-21-25-22(24-23(26-21)19-10-6-7-11-20(19)27-24)18-14-12-17(13-15-18)16-8-4-3-5-9-16/h3-15H,2H2,1H3. The Labute approximate surface area is 157 Å². The van der Waals surface area contributed by atoms with E-state index in [-0.39, 0.29) is 0 Å². The molecule has 3 aromatic carbocycles. The van der Waals surface area contributed by atoms with Gasteiger partial charge in [-0.2, -0.15) is 0 Å². The van der Waals surface area contributed by atoms with Crippen LogP contribution in [-0.2, 0) is 6.42 Å². The van der Waals surface area contributed by atoms with Crippen LogP contribution in [0.2, 0.25) is 0 Å². The molecule has 0 saturated carbocycles. The van der Waals surface area contributed by atoms with Gasteiger partial charge in [-0.1, -0.05) is 73.7 Å². The van der Waals surface area contributed by atoms with Gasteiger partial charge in [0.2, 0.25) is 0 Å². The summed E-state index contributed by atoms with van der Waals surface area (Å²) in [5, 5.41) is 1.03. The zero-order chi connectivity index (χ0) is 18.2. The maximum Gasteiger partial charge on any atom is 0.180 e. The van der Waals surface area contributed by atoms with E-state index in [1.165, 1.54) is 11.1 Å². The first-order valence-electron chi connectivity index (χ1n) is 9.17. The van der Waals surface area contributed by atoms with Crippen molar-refractivity contribution in [3.05, 3.63) is 84.7 Å². The highest BCUT2D eigenvalue weighted by molar-refractivity contribution is 6.06. The molecule has 5 aromatic rings. The highest BCUT2D eigenvalue weighted by atomic mass is 16.3.